The lowest BCUT2D eigenvalue weighted by Gasteiger charge is -2.16. The van der Waals surface area contributed by atoms with Crippen LogP contribution in [-0.4, -0.2) is 0 Å². The highest BCUT2D eigenvalue weighted by Crippen LogP contribution is 2.35. The minimum atomic E-state index is 1.12. The van der Waals surface area contributed by atoms with Gasteiger partial charge >= 0.3 is 0 Å². The molecule has 3 aromatic rings. The van der Waals surface area contributed by atoms with E-state index in [9.17, 15) is 0 Å². The van der Waals surface area contributed by atoms with Gasteiger partial charge in [-0.3, -0.25) is 0 Å². The second-order valence-corrected chi connectivity index (χ2v) is 9.84. The summed E-state index contributed by atoms with van der Waals surface area (Å²) in [7, 11) is 0. The first-order chi connectivity index (χ1) is 16.7. The normalized spacial score (nSPS) is 11.2. The third-order valence-electron chi connectivity index (χ3n) is 7.32. The maximum absolute atomic E-state index is 2.48. The van der Waals surface area contributed by atoms with Crippen molar-refractivity contribution in [1.82, 2.24) is 0 Å². The molecule has 0 N–H and O–H groups in total. The van der Waals surface area contributed by atoms with Gasteiger partial charge in [-0.25, -0.2) is 0 Å². The van der Waals surface area contributed by atoms with E-state index < -0.39 is 0 Å². The number of rotatable bonds is 14. The van der Waals surface area contributed by atoms with Crippen molar-refractivity contribution in [3.05, 3.63) is 82.9 Å². The van der Waals surface area contributed by atoms with Gasteiger partial charge in [0.2, 0.25) is 0 Å². The Hall–Kier alpha value is -2.34. The van der Waals surface area contributed by atoms with Gasteiger partial charge < -0.3 is 0 Å². The smallest absolute Gasteiger partial charge is 0.0105 e. The summed E-state index contributed by atoms with van der Waals surface area (Å²) in [5.74, 6) is 0. The van der Waals surface area contributed by atoms with Crippen LogP contribution in [0.5, 0.6) is 0 Å². The van der Waals surface area contributed by atoms with Gasteiger partial charge in [-0.2, -0.15) is 0 Å². The fourth-order valence-corrected chi connectivity index (χ4v) is 5.21. The highest BCUT2D eigenvalue weighted by molar-refractivity contribution is 5.84. The van der Waals surface area contributed by atoms with Gasteiger partial charge in [0, 0.05) is 0 Å². The minimum Gasteiger partial charge on any atom is -0.0654 e. The summed E-state index contributed by atoms with van der Waals surface area (Å²) in [4.78, 5) is 0. The van der Waals surface area contributed by atoms with E-state index in [2.05, 4.69) is 88.4 Å². The van der Waals surface area contributed by atoms with Crippen LogP contribution in [0.4, 0.5) is 0 Å². The molecule has 34 heavy (non-hydrogen) atoms. The molecule has 0 aliphatic carbocycles. The first-order valence-electron chi connectivity index (χ1n) is 14.0. The SMILES string of the molecule is CCCCCCc1cc(-c2ccccc2-c2ccc(CC)c(CCCCCC)c2)ccc1CC. The van der Waals surface area contributed by atoms with Crippen LogP contribution in [0.15, 0.2) is 60.7 Å². The standard InChI is InChI=1S/C34H46/c1-5-9-11-13-17-29-25-31(23-21-27(29)7-3)33-19-15-16-20-34(33)32-24-22-28(8-4)30(26-32)18-14-12-10-6-2/h15-16,19-26H,5-14,17-18H2,1-4H3. The summed E-state index contributed by atoms with van der Waals surface area (Å²) in [5.41, 5.74) is 11.6. The Morgan fingerprint density at radius 3 is 1.26 bits per heavy atom. The van der Waals surface area contributed by atoms with Crippen LogP contribution in [0.1, 0.15) is 101 Å². The number of benzene rings is 3. The van der Waals surface area contributed by atoms with Crippen LogP contribution < -0.4 is 0 Å². The zero-order chi connectivity index (χ0) is 24.2. The number of unbranched alkanes of at least 4 members (excludes halogenated alkanes) is 6. The molecule has 0 spiro atoms. The van der Waals surface area contributed by atoms with E-state index in [1.165, 1.54) is 97.6 Å². The molecule has 0 unspecified atom stereocenters. The van der Waals surface area contributed by atoms with Crippen molar-refractivity contribution in [3.63, 3.8) is 0 Å². The van der Waals surface area contributed by atoms with Gasteiger partial charge in [-0.05, 0) is 83.0 Å². The van der Waals surface area contributed by atoms with E-state index in [1.54, 1.807) is 11.1 Å². The van der Waals surface area contributed by atoms with Gasteiger partial charge in [0.25, 0.3) is 0 Å². The molecule has 3 rings (SSSR count). The van der Waals surface area contributed by atoms with Crippen LogP contribution in [0.2, 0.25) is 0 Å². The monoisotopic (exact) mass is 454 g/mol. The largest absolute Gasteiger partial charge is 0.0654 e. The van der Waals surface area contributed by atoms with Crippen molar-refractivity contribution in [2.45, 2.75) is 105 Å². The molecule has 0 bridgehead atoms. The Bertz CT molecular complexity index is 928. The van der Waals surface area contributed by atoms with Gasteiger partial charge in [-0.1, -0.05) is 127 Å². The average molecular weight is 455 g/mol. The average Bonchev–Trinajstić information content (AvgIpc) is 2.89. The molecule has 0 amide bonds. The Morgan fingerprint density at radius 2 is 0.882 bits per heavy atom. The van der Waals surface area contributed by atoms with E-state index in [-0.39, 0.29) is 0 Å². The fraction of sp³-hybridized carbons (Fsp3) is 0.471. The fourth-order valence-electron chi connectivity index (χ4n) is 5.21. The van der Waals surface area contributed by atoms with Crippen molar-refractivity contribution in [1.29, 1.82) is 0 Å². The van der Waals surface area contributed by atoms with Crippen molar-refractivity contribution in [2.75, 3.05) is 0 Å². The van der Waals surface area contributed by atoms with Crippen molar-refractivity contribution in [2.24, 2.45) is 0 Å². The summed E-state index contributed by atoms with van der Waals surface area (Å²) in [6.07, 6.45) is 15.2. The Kier molecular flexibility index (Phi) is 10.9. The first-order valence-corrected chi connectivity index (χ1v) is 14.0. The van der Waals surface area contributed by atoms with Crippen LogP contribution >= 0.6 is 0 Å². The summed E-state index contributed by atoms with van der Waals surface area (Å²) in [6.45, 7) is 9.16. The molecule has 0 radical (unpaired) electrons. The minimum absolute atomic E-state index is 1.12. The molecule has 0 aliphatic rings. The van der Waals surface area contributed by atoms with Crippen molar-refractivity contribution >= 4 is 0 Å². The molecule has 0 aliphatic heterocycles. The Labute approximate surface area is 209 Å². The maximum Gasteiger partial charge on any atom is -0.0105 e. The lowest BCUT2D eigenvalue weighted by molar-refractivity contribution is 0.665. The third kappa shape index (κ3) is 7.08. The van der Waals surface area contributed by atoms with E-state index in [1.807, 2.05) is 0 Å². The topological polar surface area (TPSA) is 0 Å². The van der Waals surface area contributed by atoms with E-state index in [4.69, 9.17) is 0 Å². The number of hydrogen-bond acceptors (Lipinski definition) is 0. The highest BCUT2D eigenvalue weighted by atomic mass is 14.2. The lowest BCUT2D eigenvalue weighted by atomic mass is 9.89. The van der Waals surface area contributed by atoms with Crippen molar-refractivity contribution < 1.29 is 0 Å². The van der Waals surface area contributed by atoms with E-state index >= 15 is 0 Å². The molecule has 3 aromatic carbocycles. The van der Waals surface area contributed by atoms with Crippen LogP contribution in [0.25, 0.3) is 22.3 Å². The Balaban J connectivity index is 1.93. The van der Waals surface area contributed by atoms with Crippen LogP contribution in [0.3, 0.4) is 0 Å². The molecule has 182 valence electrons. The molecular weight excluding hydrogens is 408 g/mol. The molecule has 0 atom stereocenters. The van der Waals surface area contributed by atoms with Gasteiger partial charge in [-0.15, -0.1) is 0 Å². The second-order valence-electron chi connectivity index (χ2n) is 9.84. The summed E-state index contributed by atoms with van der Waals surface area (Å²) >= 11 is 0. The molecule has 0 fully saturated rings. The molecule has 0 heteroatoms. The predicted octanol–water partition coefficient (Wildman–Crippen LogP) is 10.4. The number of aryl methyl sites for hydroxylation is 4. The van der Waals surface area contributed by atoms with Gasteiger partial charge in [0.1, 0.15) is 0 Å². The van der Waals surface area contributed by atoms with Gasteiger partial charge in [0.05, 0.1) is 0 Å². The lowest BCUT2D eigenvalue weighted by Crippen LogP contribution is -1.97. The van der Waals surface area contributed by atoms with E-state index in [0.717, 1.165) is 12.8 Å². The summed E-state index contributed by atoms with van der Waals surface area (Å²) in [5, 5.41) is 0. The van der Waals surface area contributed by atoms with Crippen molar-refractivity contribution in [3.8, 4) is 22.3 Å². The highest BCUT2D eigenvalue weighted by Gasteiger charge is 2.12. The maximum atomic E-state index is 2.48. The van der Waals surface area contributed by atoms with Crippen LogP contribution in [0, 0.1) is 0 Å². The molecule has 0 nitrogen and oxygen atoms in total. The molecular formula is C34H46. The second kappa shape index (κ2) is 14.1. The van der Waals surface area contributed by atoms with Crippen LogP contribution in [-0.2, 0) is 25.7 Å². The van der Waals surface area contributed by atoms with E-state index in [0.29, 0.717) is 0 Å². The molecule has 0 heterocycles. The molecule has 0 aromatic heterocycles. The first kappa shape index (κ1) is 26.3. The summed E-state index contributed by atoms with van der Waals surface area (Å²) in [6, 6.07) is 23.4. The molecule has 0 saturated heterocycles. The predicted molar refractivity (Wildman–Crippen MR) is 152 cm³/mol. The molecule has 0 saturated carbocycles. The van der Waals surface area contributed by atoms with Gasteiger partial charge in [0.15, 0.2) is 0 Å². The quantitative estimate of drug-likeness (QED) is 0.212. The third-order valence-corrected chi connectivity index (χ3v) is 7.32. The summed E-state index contributed by atoms with van der Waals surface area (Å²) < 4.78 is 0. The zero-order valence-corrected chi connectivity index (χ0v) is 22.3. The zero-order valence-electron chi connectivity index (χ0n) is 22.3. The Morgan fingerprint density at radius 1 is 0.441 bits per heavy atom. The number of hydrogen-bond donors (Lipinski definition) is 0.